The van der Waals surface area contributed by atoms with E-state index in [2.05, 4.69) is 0 Å². The van der Waals surface area contributed by atoms with Gasteiger partial charge in [0.1, 0.15) is 0 Å². The van der Waals surface area contributed by atoms with Crippen molar-refractivity contribution in [2.45, 2.75) is 44.9 Å². The summed E-state index contributed by atoms with van der Waals surface area (Å²) in [5, 5.41) is 0. The van der Waals surface area contributed by atoms with Gasteiger partial charge in [0.25, 0.3) is 0 Å². The molecule has 8 heteroatoms. The fourth-order valence-corrected chi connectivity index (χ4v) is 2.20. The molecule has 0 N–H and O–H groups in total. The number of hydrogen-bond donors (Lipinski definition) is 0. The van der Waals surface area contributed by atoms with Crippen molar-refractivity contribution < 1.29 is 76.6 Å². The summed E-state index contributed by atoms with van der Waals surface area (Å²) in [6.45, 7) is 0. The van der Waals surface area contributed by atoms with Crippen molar-refractivity contribution in [3.63, 3.8) is 0 Å². The van der Waals surface area contributed by atoms with Crippen LogP contribution in [0.4, 0.5) is 0 Å². The summed E-state index contributed by atoms with van der Waals surface area (Å²) in [6, 6.07) is 0. The van der Waals surface area contributed by atoms with Gasteiger partial charge in [0, 0.05) is 11.5 Å². The first kappa shape index (κ1) is 24.3. The molecule has 0 bridgehead atoms. The maximum Gasteiger partial charge on any atom is 1.00 e. The molecule has 0 aromatic carbocycles. The second-order valence-electron chi connectivity index (χ2n) is 3.49. The zero-order valence-corrected chi connectivity index (χ0v) is 16.4. The second kappa shape index (κ2) is 18.2. The molecule has 0 aliphatic rings. The van der Waals surface area contributed by atoms with Crippen LogP contribution in [-0.4, -0.2) is 29.0 Å². The third-order valence-corrected chi connectivity index (χ3v) is 3.37. The summed E-state index contributed by atoms with van der Waals surface area (Å²) in [6.07, 6.45) is 6.51. The van der Waals surface area contributed by atoms with Gasteiger partial charge in [0.2, 0.25) is 0 Å². The molecule has 2 unspecified atom stereocenters. The van der Waals surface area contributed by atoms with Crippen LogP contribution < -0.4 is 59.1 Å². The first-order valence-electron chi connectivity index (χ1n) is 5.24. The third-order valence-electron chi connectivity index (χ3n) is 2.12. The van der Waals surface area contributed by atoms with E-state index in [0.29, 0.717) is 0 Å². The molecule has 0 aromatic heterocycles. The van der Waals surface area contributed by atoms with Gasteiger partial charge in [-0.25, -0.2) is 0 Å². The average molecular weight is 300 g/mol. The Balaban J connectivity index is -0.000000980. The largest absolute Gasteiger partial charge is 1.00 e. The van der Waals surface area contributed by atoms with E-state index in [-0.39, 0.29) is 70.6 Å². The Hall–Kier alpha value is 2.22. The Morgan fingerprint density at radius 2 is 0.824 bits per heavy atom. The van der Waals surface area contributed by atoms with Crippen LogP contribution >= 0.6 is 0 Å². The summed E-state index contributed by atoms with van der Waals surface area (Å²) in [7, 11) is 0. The molecule has 0 radical (unpaired) electrons. The summed E-state index contributed by atoms with van der Waals surface area (Å²) in [5.74, 6) is 0.518. The van der Waals surface area contributed by atoms with E-state index in [1.807, 2.05) is 0 Å². The first-order chi connectivity index (χ1) is 7.13. The molecule has 0 aliphatic heterocycles. The molecular weight excluding hydrogens is 282 g/mol. The summed E-state index contributed by atoms with van der Waals surface area (Å²) >= 11 is -3.80. The van der Waals surface area contributed by atoms with Crippen LogP contribution in [0.2, 0.25) is 0 Å². The average Bonchev–Trinajstić information content (AvgIpc) is 2.14. The minimum atomic E-state index is -1.90. The van der Waals surface area contributed by atoms with Crippen molar-refractivity contribution >= 4 is 22.2 Å². The van der Waals surface area contributed by atoms with Crippen LogP contribution in [0, 0.1) is 0 Å². The molecule has 0 rings (SSSR count). The maximum absolute atomic E-state index is 10.2. The SMILES string of the molecule is O=S([O-])CCCCCCCCCS(=O)[O-].[Na+].[Na+]. The van der Waals surface area contributed by atoms with Crippen molar-refractivity contribution in [3.8, 4) is 0 Å². The van der Waals surface area contributed by atoms with E-state index >= 15 is 0 Å². The zero-order chi connectivity index (χ0) is 11.5. The van der Waals surface area contributed by atoms with Gasteiger partial charge >= 0.3 is 59.1 Å². The predicted molar refractivity (Wildman–Crippen MR) is 59.9 cm³/mol. The molecule has 0 heterocycles. The van der Waals surface area contributed by atoms with E-state index in [1.165, 1.54) is 0 Å². The third kappa shape index (κ3) is 23.7. The summed E-state index contributed by atoms with van der Waals surface area (Å²) in [5.41, 5.74) is 0. The van der Waals surface area contributed by atoms with Crippen molar-refractivity contribution in [1.29, 1.82) is 0 Å². The molecule has 0 aromatic rings. The van der Waals surface area contributed by atoms with Crippen LogP contribution in [0.15, 0.2) is 0 Å². The fourth-order valence-electron chi connectivity index (χ4n) is 1.32. The molecule has 0 saturated carbocycles. The Morgan fingerprint density at radius 3 is 1.06 bits per heavy atom. The molecule has 0 fully saturated rings. The maximum atomic E-state index is 10.2. The fraction of sp³-hybridized carbons (Fsp3) is 1.00. The molecule has 0 spiro atoms. The van der Waals surface area contributed by atoms with Gasteiger partial charge in [0.15, 0.2) is 0 Å². The van der Waals surface area contributed by atoms with Crippen LogP contribution in [0.1, 0.15) is 44.9 Å². The standard InChI is InChI=1S/C9H20O4S2.2Na/c10-14(11)8-6-4-2-1-3-5-7-9-15(12)13;;/h1-9H2,(H,10,11)(H,12,13);;/q;2*+1/p-2. The predicted octanol–water partition coefficient (Wildman–Crippen LogP) is -4.52. The van der Waals surface area contributed by atoms with Gasteiger partial charge < -0.3 is 9.11 Å². The van der Waals surface area contributed by atoms with Gasteiger partial charge in [-0.05, 0) is 12.8 Å². The number of hydrogen-bond acceptors (Lipinski definition) is 4. The molecule has 0 aliphatic carbocycles. The van der Waals surface area contributed by atoms with E-state index in [4.69, 9.17) is 0 Å². The van der Waals surface area contributed by atoms with Gasteiger partial charge in [-0.1, -0.05) is 54.3 Å². The Bertz CT molecular complexity index is 185. The van der Waals surface area contributed by atoms with Gasteiger partial charge in [-0.2, -0.15) is 0 Å². The van der Waals surface area contributed by atoms with Crippen LogP contribution in [0.25, 0.3) is 0 Å². The van der Waals surface area contributed by atoms with Gasteiger partial charge in [-0.15, -0.1) is 0 Å². The zero-order valence-electron chi connectivity index (χ0n) is 10.8. The first-order valence-corrected chi connectivity index (χ1v) is 7.73. The van der Waals surface area contributed by atoms with Crippen molar-refractivity contribution in [1.82, 2.24) is 0 Å². The molecule has 0 saturated heterocycles. The van der Waals surface area contributed by atoms with Crippen LogP contribution in [0.5, 0.6) is 0 Å². The Kier molecular flexibility index (Phi) is 26.0. The van der Waals surface area contributed by atoms with Crippen molar-refractivity contribution in [3.05, 3.63) is 0 Å². The number of unbranched alkanes of at least 4 members (excludes halogenated alkanes) is 6. The number of rotatable bonds is 10. The minimum Gasteiger partial charge on any atom is -0.772 e. The van der Waals surface area contributed by atoms with Crippen molar-refractivity contribution in [2.75, 3.05) is 11.5 Å². The van der Waals surface area contributed by atoms with Gasteiger partial charge in [-0.3, -0.25) is 8.42 Å². The molecule has 2 atom stereocenters. The smallest absolute Gasteiger partial charge is 0.772 e. The van der Waals surface area contributed by atoms with E-state index in [9.17, 15) is 17.5 Å². The quantitative estimate of drug-likeness (QED) is 0.231. The molecule has 92 valence electrons. The molecule has 17 heavy (non-hydrogen) atoms. The normalized spacial score (nSPS) is 13.3. The van der Waals surface area contributed by atoms with E-state index < -0.39 is 22.2 Å². The Morgan fingerprint density at radius 1 is 0.588 bits per heavy atom. The van der Waals surface area contributed by atoms with Crippen LogP contribution in [-0.2, 0) is 22.2 Å². The van der Waals surface area contributed by atoms with E-state index in [1.54, 1.807) is 0 Å². The van der Waals surface area contributed by atoms with Crippen molar-refractivity contribution in [2.24, 2.45) is 0 Å². The molecule has 4 nitrogen and oxygen atoms in total. The van der Waals surface area contributed by atoms with E-state index in [0.717, 1.165) is 44.9 Å². The minimum absolute atomic E-state index is 0. The molecular formula is C9H18Na2O4S2. The topological polar surface area (TPSA) is 80.3 Å². The Labute approximate surface area is 153 Å². The molecule has 0 amide bonds. The monoisotopic (exact) mass is 300 g/mol. The summed E-state index contributed by atoms with van der Waals surface area (Å²) in [4.78, 5) is 0. The van der Waals surface area contributed by atoms with Crippen LogP contribution in [0.3, 0.4) is 0 Å². The van der Waals surface area contributed by atoms with Gasteiger partial charge in [0.05, 0.1) is 0 Å². The summed E-state index contributed by atoms with van der Waals surface area (Å²) < 4.78 is 40.7. The second-order valence-corrected chi connectivity index (χ2v) is 5.52.